The van der Waals surface area contributed by atoms with E-state index >= 15 is 0 Å². The molecule has 4 nitrogen and oxygen atoms in total. The minimum Gasteiger partial charge on any atom is -0.277 e. The van der Waals surface area contributed by atoms with Gasteiger partial charge in [-0.05, 0) is 18.2 Å². The topological polar surface area (TPSA) is 61.6 Å². The average Bonchev–Trinajstić information content (AvgIpc) is 2.46. The van der Waals surface area contributed by atoms with Gasteiger partial charge in [-0.15, -0.1) is 0 Å². The summed E-state index contributed by atoms with van der Waals surface area (Å²) in [6.07, 6.45) is 3.16. The summed E-state index contributed by atoms with van der Waals surface area (Å²) in [5.74, 6) is 0. The lowest BCUT2D eigenvalue weighted by atomic mass is 10.1. The van der Waals surface area contributed by atoms with Crippen molar-refractivity contribution in [1.82, 2.24) is 15.3 Å². The summed E-state index contributed by atoms with van der Waals surface area (Å²) in [7, 11) is 0. The Kier molecular flexibility index (Phi) is 4.33. The van der Waals surface area contributed by atoms with Crippen LogP contribution in [0.1, 0.15) is 11.3 Å². The lowest BCUT2D eigenvalue weighted by Gasteiger charge is -2.20. The standard InChI is InChI=1S/C13H10Cl2N4/c14-12-5-4-10(7-18-12)13(15,9-16)19-8-11-3-1-2-6-17-11/h1-7,19H,8H2. The molecule has 1 N–H and O–H groups in total. The summed E-state index contributed by atoms with van der Waals surface area (Å²) in [6.45, 7) is 0.376. The normalized spacial score (nSPS) is 13.5. The van der Waals surface area contributed by atoms with Crippen LogP contribution in [0.3, 0.4) is 0 Å². The fourth-order valence-electron chi connectivity index (χ4n) is 1.50. The summed E-state index contributed by atoms with van der Waals surface area (Å²) in [4.78, 5) is 6.73. The number of nitrogens with zero attached hydrogens (tertiary/aromatic N) is 3. The molecule has 0 bridgehead atoms. The Morgan fingerprint density at radius 1 is 1.26 bits per heavy atom. The number of halogens is 2. The Balaban J connectivity index is 2.15. The van der Waals surface area contributed by atoms with E-state index in [1.54, 1.807) is 18.3 Å². The van der Waals surface area contributed by atoms with Gasteiger partial charge in [0.05, 0.1) is 5.69 Å². The van der Waals surface area contributed by atoms with Crippen LogP contribution in [0, 0.1) is 11.3 Å². The maximum absolute atomic E-state index is 9.26. The summed E-state index contributed by atoms with van der Waals surface area (Å²) in [5.41, 5.74) is 1.33. The Labute approximate surface area is 121 Å². The molecular weight excluding hydrogens is 283 g/mol. The molecule has 1 unspecified atom stereocenters. The van der Waals surface area contributed by atoms with Gasteiger partial charge in [-0.25, -0.2) is 4.98 Å². The van der Waals surface area contributed by atoms with Gasteiger partial charge >= 0.3 is 0 Å². The van der Waals surface area contributed by atoms with Crippen LogP contribution in [0.15, 0.2) is 42.7 Å². The Morgan fingerprint density at radius 3 is 2.68 bits per heavy atom. The fraction of sp³-hybridized carbons (Fsp3) is 0.154. The highest BCUT2D eigenvalue weighted by Crippen LogP contribution is 2.25. The van der Waals surface area contributed by atoms with E-state index in [1.807, 2.05) is 24.3 Å². The first-order valence-corrected chi connectivity index (χ1v) is 6.27. The van der Waals surface area contributed by atoms with E-state index in [2.05, 4.69) is 15.3 Å². The summed E-state index contributed by atoms with van der Waals surface area (Å²) in [5, 5.41) is 12.6. The van der Waals surface area contributed by atoms with Crippen molar-refractivity contribution in [2.45, 2.75) is 11.5 Å². The third-order valence-electron chi connectivity index (χ3n) is 2.52. The molecule has 0 radical (unpaired) electrons. The zero-order valence-corrected chi connectivity index (χ0v) is 11.4. The van der Waals surface area contributed by atoms with Crippen LogP contribution < -0.4 is 5.32 Å². The summed E-state index contributed by atoms with van der Waals surface area (Å²) >= 11 is 12.0. The third-order valence-corrected chi connectivity index (χ3v) is 3.18. The highest BCUT2D eigenvalue weighted by atomic mass is 35.5. The van der Waals surface area contributed by atoms with E-state index in [0.29, 0.717) is 17.3 Å². The van der Waals surface area contributed by atoms with E-state index < -0.39 is 5.00 Å². The molecule has 0 aliphatic rings. The number of hydrogen-bond donors (Lipinski definition) is 1. The molecule has 0 amide bonds. The predicted molar refractivity (Wildman–Crippen MR) is 73.5 cm³/mol. The van der Waals surface area contributed by atoms with E-state index in [-0.39, 0.29) is 0 Å². The zero-order chi connectivity index (χ0) is 13.7. The first kappa shape index (κ1) is 13.8. The quantitative estimate of drug-likeness (QED) is 0.535. The number of nitriles is 1. The minimum absolute atomic E-state index is 0.352. The van der Waals surface area contributed by atoms with Crippen LogP contribution in [0.5, 0.6) is 0 Å². The maximum Gasteiger partial charge on any atom is 0.208 e. The van der Waals surface area contributed by atoms with Crippen LogP contribution in [0.25, 0.3) is 0 Å². The molecule has 1 atom stereocenters. The fourth-order valence-corrected chi connectivity index (χ4v) is 1.79. The lowest BCUT2D eigenvalue weighted by molar-refractivity contribution is 0.564. The number of alkyl halides is 1. The van der Waals surface area contributed by atoms with Gasteiger partial charge in [0.2, 0.25) is 5.00 Å². The van der Waals surface area contributed by atoms with Crippen molar-refractivity contribution in [2.24, 2.45) is 0 Å². The molecule has 0 aliphatic carbocycles. The van der Waals surface area contributed by atoms with Gasteiger partial charge in [-0.2, -0.15) is 5.26 Å². The van der Waals surface area contributed by atoms with Crippen molar-refractivity contribution in [3.05, 3.63) is 59.1 Å². The van der Waals surface area contributed by atoms with Crippen LogP contribution in [0.2, 0.25) is 5.15 Å². The van der Waals surface area contributed by atoms with E-state index in [9.17, 15) is 5.26 Å². The van der Waals surface area contributed by atoms with Crippen molar-refractivity contribution in [3.8, 4) is 6.07 Å². The Bertz CT molecular complexity index is 580. The molecule has 6 heteroatoms. The van der Waals surface area contributed by atoms with Crippen molar-refractivity contribution in [1.29, 1.82) is 5.26 Å². The highest BCUT2D eigenvalue weighted by molar-refractivity contribution is 6.29. The zero-order valence-electron chi connectivity index (χ0n) is 9.85. The van der Waals surface area contributed by atoms with E-state index in [1.165, 1.54) is 6.20 Å². The molecule has 2 rings (SSSR count). The molecule has 0 aromatic carbocycles. The van der Waals surface area contributed by atoms with Crippen LogP contribution in [0.4, 0.5) is 0 Å². The number of aromatic nitrogens is 2. The lowest BCUT2D eigenvalue weighted by Crippen LogP contribution is -2.35. The second kappa shape index (κ2) is 5.98. The molecule has 2 aromatic heterocycles. The van der Waals surface area contributed by atoms with Gasteiger partial charge in [0, 0.05) is 24.5 Å². The summed E-state index contributed by atoms with van der Waals surface area (Å²) in [6, 6.07) is 10.8. The minimum atomic E-state index is -1.35. The summed E-state index contributed by atoms with van der Waals surface area (Å²) < 4.78 is 0. The van der Waals surface area contributed by atoms with E-state index in [0.717, 1.165) is 5.69 Å². The van der Waals surface area contributed by atoms with Gasteiger partial charge < -0.3 is 0 Å². The first-order valence-electron chi connectivity index (χ1n) is 5.51. The largest absolute Gasteiger partial charge is 0.277 e. The maximum atomic E-state index is 9.26. The number of nitrogens with one attached hydrogen (secondary N) is 1. The van der Waals surface area contributed by atoms with Crippen LogP contribution in [-0.4, -0.2) is 9.97 Å². The first-order chi connectivity index (χ1) is 9.14. The molecule has 0 fully saturated rings. The molecular formula is C13H10Cl2N4. The number of rotatable bonds is 4. The molecule has 2 aromatic rings. The molecule has 0 aliphatic heterocycles. The van der Waals surface area contributed by atoms with E-state index in [4.69, 9.17) is 23.2 Å². The molecule has 0 saturated heterocycles. The number of pyridine rings is 2. The second-order valence-electron chi connectivity index (χ2n) is 3.81. The predicted octanol–water partition coefficient (Wildman–Crippen LogP) is 2.83. The molecule has 96 valence electrons. The van der Waals surface area contributed by atoms with Gasteiger partial charge in [-0.3, -0.25) is 10.3 Å². The van der Waals surface area contributed by atoms with Gasteiger partial charge in [0.25, 0.3) is 0 Å². The number of hydrogen-bond acceptors (Lipinski definition) is 4. The van der Waals surface area contributed by atoms with Crippen molar-refractivity contribution < 1.29 is 0 Å². The molecule has 0 saturated carbocycles. The van der Waals surface area contributed by atoms with Gasteiger partial charge in [0.15, 0.2) is 0 Å². The monoisotopic (exact) mass is 292 g/mol. The second-order valence-corrected chi connectivity index (χ2v) is 4.77. The smallest absolute Gasteiger partial charge is 0.208 e. The molecule has 0 spiro atoms. The van der Waals surface area contributed by atoms with Crippen molar-refractivity contribution >= 4 is 23.2 Å². The van der Waals surface area contributed by atoms with Gasteiger partial charge in [-0.1, -0.05) is 35.3 Å². The average molecular weight is 293 g/mol. The van der Waals surface area contributed by atoms with Crippen molar-refractivity contribution in [3.63, 3.8) is 0 Å². The molecule has 2 heterocycles. The van der Waals surface area contributed by atoms with Crippen LogP contribution >= 0.6 is 23.2 Å². The highest BCUT2D eigenvalue weighted by Gasteiger charge is 2.29. The van der Waals surface area contributed by atoms with Crippen LogP contribution in [-0.2, 0) is 11.5 Å². The third kappa shape index (κ3) is 3.42. The van der Waals surface area contributed by atoms with Gasteiger partial charge in [0.1, 0.15) is 11.2 Å². The molecule has 19 heavy (non-hydrogen) atoms. The van der Waals surface area contributed by atoms with Crippen molar-refractivity contribution in [2.75, 3.05) is 0 Å². The Morgan fingerprint density at radius 2 is 2.11 bits per heavy atom. The Hall–Kier alpha value is -1.67. The SMILES string of the molecule is N#CC(Cl)(NCc1ccccn1)c1ccc(Cl)nc1.